The van der Waals surface area contributed by atoms with Gasteiger partial charge in [-0.1, -0.05) is 0 Å². The minimum atomic E-state index is -4.24. The van der Waals surface area contributed by atoms with Gasteiger partial charge in [-0.2, -0.15) is 25.3 Å². The van der Waals surface area contributed by atoms with Crippen molar-refractivity contribution in [1.29, 1.82) is 0 Å². The lowest BCUT2D eigenvalue weighted by molar-refractivity contribution is -0.106. The van der Waals surface area contributed by atoms with Gasteiger partial charge in [0.1, 0.15) is 24.4 Å². The second kappa shape index (κ2) is 8.81. The summed E-state index contributed by atoms with van der Waals surface area (Å²) in [7, 11) is -12.2. The summed E-state index contributed by atoms with van der Waals surface area (Å²) in [5, 5.41) is 29.3. The summed E-state index contributed by atoms with van der Waals surface area (Å²) >= 11 is 0. The van der Waals surface area contributed by atoms with E-state index in [1.807, 2.05) is 0 Å². The van der Waals surface area contributed by atoms with Gasteiger partial charge in [0.05, 0.1) is 32.0 Å². The third kappa shape index (κ3) is 11.2. The van der Waals surface area contributed by atoms with Crippen molar-refractivity contribution in [3.63, 3.8) is 0 Å². The van der Waals surface area contributed by atoms with Crippen LogP contribution in [0.4, 0.5) is 0 Å². The Labute approximate surface area is 140 Å². The average molecular weight is 416 g/mol. The van der Waals surface area contributed by atoms with Crippen LogP contribution in [0.2, 0.25) is 0 Å². The van der Waals surface area contributed by atoms with E-state index < -0.39 is 68.0 Å². The first-order valence-corrected chi connectivity index (χ1v) is 11.6. The zero-order valence-electron chi connectivity index (χ0n) is 13.0. The minimum Gasteiger partial charge on any atom is -0.388 e. The predicted octanol–water partition coefficient (Wildman–Crippen LogP) is -3.63. The van der Waals surface area contributed by atoms with Crippen LogP contribution in [0.5, 0.6) is 0 Å². The van der Waals surface area contributed by atoms with Crippen LogP contribution in [0.1, 0.15) is 0 Å². The fourth-order valence-electron chi connectivity index (χ4n) is 1.35. The van der Waals surface area contributed by atoms with Gasteiger partial charge in [0.15, 0.2) is 0 Å². The van der Waals surface area contributed by atoms with Crippen LogP contribution < -0.4 is 0 Å². The molecule has 24 heavy (non-hydrogen) atoms. The monoisotopic (exact) mass is 416 g/mol. The van der Waals surface area contributed by atoms with Crippen molar-refractivity contribution >= 4 is 30.4 Å². The molecule has 0 heterocycles. The fourth-order valence-corrected chi connectivity index (χ4v) is 2.77. The van der Waals surface area contributed by atoms with Crippen molar-refractivity contribution < 1.29 is 53.1 Å². The first-order valence-electron chi connectivity index (χ1n) is 6.13. The molecule has 146 valence electrons. The Morgan fingerprint density at radius 3 is 1.42 bits per heavy atom. The van der Waals surface area contributed by atoms with Crippen molar-refractivity contribution in [2.24, 2.45) is 0 Å². The molecule has 4 atom stereocenters. The third-order valence-electron chi connectivity index (χ3n) is 2.30. The second-order valence-electron chi connectivity index (χ2n) is 4.87. The Kier molecular flexibility index (Phi) is 8.67. The largest absolute Gasteiger partial charge is 0.388 e. The maximum Gasteiger partial charge on any atom is 0.264 e. The molecular weight excluding hydrogens is 396 g/mol. The van der Waals surface area contributed by atoms with Gasteiger partial charge in [0.25, 0.3) is 30.4 Å². The Bertz CT molecular complexity index is 694. The van der Waals surface area contributed by atoms with E-state index in [1.165, 1.54) is 0 Å². The number of hydrogen-bond acceptors (Lipinski definition) is 12. The lowest BCUT2D eigenvalue weighted by Gasteiger charge is -2.28. The first kappa shape index (κ1) is 23.6. The van der Waals surface area contributed by atoms with E-state index in [0.29, 0.717) is 18.8 Å². The fraction of sp³-hybridized carbons (Fsp3) is 1.00. The van der Waals surface area contributed by atoms with Gasteiger partial charge < -0.3 is 15.3 Å². The van der Waals surface area contributed by atoms with E-state index >= 15 is 0 Å². The van der Waals surface area contributed by atoms with Crippen LogP contribution in [0.3, 0.4) is 0 Å². The number of aliphatic hydroxyl groups excluding tert-OH is 3. The molecule has 12 nitrogen and oxygen atoms in total. The molecule has 0 aliphatic rings. The molecule has 15 heteroatoms. The molecule has 0 aromatic carbocycles. The zero-order chi connectivity index (χ0) is 19.3. The lowest BCUT2D eigenvalue weighted by Crippen LogP contribution is -2.50. The summed E-state index contributed by atoms with van der Waals surface area (Å²) in [6.45, 7) is -1.93. The van der Waals surface area contributed by atoms with Crippen molar-refractivity contribution in [3.8, 4) is 0 Å². The summed E-state index contributed by atoms with van der Waals surface area (Å²) in [6, 6.07) is 0. The standard InChI is InChI=1S/C9H20O12S3/c1-22(13,14)19-4-6(10)8(12)9(21-24(3,17)18)7(11)5-20-23(2,15)16/h6-12H,4-5H2,1-3H3/t6-,7-,8-,9-/m1/s1. The average Bonchev–Trinajstić information content (AvgIpc) is 2.36. The number of hydrogen-bond donors (Lipinski definition) is 3. The van der Waals surface area contributed by atoms with Gasteiger partial charge in [0, 0.05) is 0 Å². The molecule has 0 bridgehead atoms. The molecule has 0 aromatic rings. The Balaban J connectivity index is 5.16. The molecule has 0 unspecified atom stereocenters. The van der Waals surface area contributed by atoms with E-state index in [0.717, 1.165) is 0 Å². The van der Waals surface area contributed by atoms with E-state index in [2.05, 4.69) is 12.5 Å². The van der Waals surface area contributed by atoms with Crippen LogP contribution in [0.25, 0.3) is 0 Å². The molecule has 0 radical (unpaired) electrons. The summed E-state index contributed by atoms with van der Waals surface area (Å²) in [5.74, 6) is 0. The molecule has 0 saturated heterocycles. The quantitative estimate of drug-likeness (QED) is 0.280. The molecule has 0 saturated carbocycles. The Hall–Kier alpha value is -0.390. The van der Waals surface area contributed by atoms with Crippen LogP contribution >= 0.6 is 0 Å². The normalized spacial score (nSPS) is 18.8. The second-order valence-corrected chi connectivity index (χ2v) is 9.76. The van der Waals surface area contributed by atoms with Crippen molar-refractivity contribution in [3.05, 3.63) is 0 Å². The van der Waals surface area contributed by atoms with Crippen LogP contribution in [0.15, 0.2) is 0 Å². The lowest BCUT2D eigenvalue weighted by atomic mass is 10.0. The van der Waals surface area contributed by atoms with Gasteiger partial charge in [0.2, 0.25) is 0 Å². The maximum atomic E-state index is 11.2. The van der Waals surface area contributed by atoms with Gasteiger partial charge in [-0.3, -0.25) is 12.5 Å². The summed E-state index contributed by atoms with van der Waals surface area (Å²) < 4.78 is 78.7. The van der Waals surface area contributed by atoms with Gasteiger partial charge in [-0.25, -0.2) is 0 Å². The van der Waals surface area contributed by atoms with Crippen molar-refractivity contribution in [2.75, 3.05) is 32.0 Å². The zero-order valence-corrected chi connectivity index (χ0v) is 15.4. The number of aliphatic hydroxyl groups is 3. The highest BCUT2D eigenvalue weighted by Crippen LogP contribution is 2.14. The van der Waals surface area contributed by atoms with Crippen LogP contribution in [-0.4, -0.2) is 97.0 Å². The maximum absolute atomic E-state index is 11.2. The SMILES string of the molecule is CS(=O)(=O)OC[C@@H](O)[C@@H](O)[C@H](OS(C)(=O)=O)[C@H](O)COS(C)(=O)=O. The molecular formula is C9H20O12S3. The molecule has 0 aromatic heterocycles. The third-order valence-corrected chi connectivity index (χ3v) is 4.00. The molecule has 0 aliphatic heterocycles. The molecule has 3 N–H and O–H groups in total. The van der Waals surface area contributed by atoms with Gasteiger partial charge >= 0.3 is 0 Å². The minimum absolute atomic E-state index is 0.580. The van der Waals surface area contributed by atoms with E-state index in [9.17, 15) is 40.6 Å². The summed E-state index contributed by atoms with van der Waals surface area (Å²) in [6.07, 6.45) is -6.23. The summed E-state index contributed by atoms with van der Waals surface area (Å²) in [5.41, 5.74) is 0. The van der Waals surface area contributed by atoms with Gasteiger partial charge in [-0.15, -0.1) is 0 Å². The van der Waals surface area contributed by atoms with Crippen molar-refractivity contribution in [1.82, 2.24) is 0 Å². The summed E-state index contributed by atoms with van der Waals surface area (Å²) in [4.78, 5) is 0. The molecule has 0 spiro atoms. The molecule has 0 amide bonds. The van der Waals surface area contributed by atoms with E-state index in [4.69, 9.17) is 0 Å². The topological polar surface area (TPSA) is 191 Å². The highest BCUT2D eigenvalue weighted by molar-refractivity contribution is 7.86. The van der Waals surface area contributed by atoms with E-state index in [1.54, 1.807) is 0 Å². The molecule has 0 rings (SSSR count). The first-order chi connectivity index (χ1) is 10.5. The van der Waals surface area contributed by atoms with Crippen molar-refractivity contribution in [2.45, 2.75) is 24.4 Å². The number of rotatable bonds is 11. The molecule has 0 fully saturated rings. The highest BCUT2D eigenvalue weighted by Gasteiger charge is 2.37. The van der Waals surface area contributed by atoms with Crippen LogP contribution in [0, 0.1) is 0 Å². The van der Waals surface area contributed by atoms with Gasteiger partial charge in [-0.05, 0) is 0 Å². The van der Waals surface area contributed by atoms with Crippen LogP contribution in [-0.2, 0) is 42.9 Å². The Morgan fingerprint density at radius 2 is 1.08 bits per heavy atom. The van der Waals surface area contributed by atoms with E-state index in [-0.39, 0.29) is 0 Å². The highest BCUT2D eigenvalue weighted by atomic mass is 32.2. The Morgan fingerprint density at radius 1 is 0.708 bits per heavy atom. The molecule has 0 aliphatic carbocycles. The smallest absolute Gasteiger partial charge is 0.264 e. The predicted molar refractivity (Wildman–Crippen MR) is 79.3 cm³/mol.